The minimum absolute atomic E-state index is 0.886. The van der Waals surface area contributed by atoms with E-state index in [1.807, 2.05) is 17.5 Å². The highest BCUT2D eigenvalue weighted by molar-refractivity contribution is 7.07. The molecule has 1 aromatic heterocycles. The van der Waals surface area contributed by atoms with E-state index in [0.717, 1.165) is 18.8 Å². The number of fused-ring (bicyclic) bond motifs is 1. The monoisotopic (exact) mass is 219 g/mol. The third-order valence-corrected chi connectivity index (χ3v) is 2.69. The van der Waals surface area contributed by atoms with Gasteiger partial charge in [0, 0.05) is 11.6 Å². The van der Waals surface area contributed by atoms with E-state index >= 15 is 0 Å². The summed E-state index contributed by atoms with van der Waals surface area (Å²) < 4.78 is 5.42. The number of benzene rings is 1. The molecule has 0 fully saturated rings. The molecule has 2 heterocycles. The number of hydrogen-bond acceptors (Lipinski definition) is 3. The molecule has 1 aromatic carbocycles. The van der Waals surface area contributed by atoms with Crippen molar-refractivity contribution < 1.29 is 4.74 Å². The average molecular weight is 219 g/mol. The molecule has 15 heavy (non-hydrogen) atoms. The van der Waals surface area contributed by atoms with Gasteiger partial charge < -0.3 is 4.74 Å². The Morgan fingerprint density at radius 2 is 2.20 bits per heavy atom. The maximum absolute atomic E-state index is 5.42. The Hall–Kier alpha value is -1.35. The van der Waals surface area contributed by atoms with Gasteiger partial charge in [0.2, 0.25) is 0 Å². The highest BCUT2D eigenvalue weighted by Crippen LogP contribution is 2.22. The van der Waals surface area contributed by atoms with Gasteiger partial charge in [-0.3, -0.25) is 4.98 Å². The van der Waals surface area contributed by atoms with Crippen LogP contribution < -0.4 is 4.74 Å². The molecule has 0 N–H and O–H groups in total. The van der Waals surface area contributed by atoms with E-state index in [9.17, 15) is 0 Å². The number of ether oxygens (including phenoxy) is 1. The first kappa shape index (κ1) is 10.2. The summed E-state index contributed by atoms with van der Waals surface area (Å²) in [5.74, 6) is 1.08. The molecular weight excluding hydrogens is 206 g/mol. The third-order valence-electron chi connectivity index (χ3n) is 2.17. The lowest BCUT2D eigenvalue weighted by Gasteiger charge is -2.15. The van der Waals surface area contributed by atoms with Gasteiger partial charge >= 0.3 is 0 Å². The number of rotatable bonds is 0. The van der Waals surface area contributed by atoms with E-state index in [0.29, 0.717) is 0 Å². The van der Waals surface area contributed by atoms with E-state index in [2.05, 4.69) is 17.1 Å². The second kappa shape index (κ2) is 5.51. The van der Waals surface area contributed by atoms with Crippen LogP contribution in [0.15, 0.2) is 41.4 Å². The van der Waals surface area contributed by atoms with Crippen molar-refractivity contribution in [2.45, 2.75) is 12.8 Å². The van der Waals surface area contributed by atoms with Crippen LogP contribution in [0, 0.1) is 0 Å². The molecule has 0 radical (unpaired) electrons. The predicted octanol–water partition coefficient (Wildman–Crippen LogP) is 3.15. The molecule has 1 aliphatic heterocycles. The molecule has 3 rings (SSSR count). The number of thiazole rings is 1. The molecule has 0 spiro atoms. The quantitative estimate of drug-likeness (QED) is 0.679. The summed E-state index contributed by atoms with van der Waals surface area (Å²) in [6.07, 6.45) is 4.11. The minimum atomic E-state index is 0.886. The summed E-state index contributed by atoms with van der Waals surface area (Å²) in [6, 6.07) is 8.25. The van der Waals surface area contributed by atoms with Crippen LogP contribution in [0.1, 0.15) is 12.0 Å². The van der Waals surface area contributed by atoms with Crippen LogP contribution in [-0.2, 0) is 6.42 Å². The van der Waals surface area contributed by atoms with Crippen molar-refractivity contribution in [2.75, 3.05) is 6.61 Å². The Kier molecular flexibility index (Phi) is 3.74. The molecule has 78 valence electrons. The number of aromatic nitrogens is 1. The van der Waals surface area contributed by atoms with Crippen molar-refractivity contribution in [3.8, 4) is 5.75 Å². The zero-order chi connectivity index (χ0) is 10.3. The highest BCUT2D eigenvalue weighted by Gasteiger charge is 2.06. The van der Waals surface area contributed by atoms with Gasteiger partial charge in [0.25, 0.3) is 0 Å². The fourth-order valence-corrected chi connectivity index (χ4v) is 1.82. The Morgan fingerprint density at radius 3 is 2.87 bits per heavy atom. The number of para-hydroxylation sites is 1. The van der Waals surface area contributed by atoms with Crippen molar-refractivity contribution >= 4 is 11.3 Å². The number of nitrogens with zero attached hydrogens (tertiary/aromatic N) is 1. The molecule has 3 heteroatoms. The van der Waals surface area contributed by atoms with Gasteiger partial charge in [0.1, 0.15) is 5.75 Å². The van der Waals surface area contributed by atoms with Crippen LogP contribution in [0.4, 0.5) is 0 Å². The van der Waals surface area contributed by atoms with Gasteiger partial charge in [0.15, 0.2) is 0 Å². The minimum Gasteiger partial charge on any atom is -0.493 e. The zero-order valence-electron chi connectivity index (χ0n) is 8.43. The van der Waals surface area contributed by atoms with Crippen molar-refractivity contribution in [1.82, 2.24) is 4.98 Å². The summed E-state index contributed by atoms with van der Waals surface area (Å²) in [5, 5.41) is 1.93. The number of aryl methyl sites for hydroxylation is 1. The summed E-state index contributed by atoms with van der Waals surface area (Å²) in [6.45, 7) is 0.886. The molecule has 0 amide bonds. The lowest BCUT2D eigenvalue weighted by Crippen LogP contribution is -2.07. The lowest BCUT2D eigenvalue weighted by atomic mass is 10.1. The summed E-state index contributed by atoms with van der Waals surface area (Å²) >= 11 is 1.60. The van der Waals surface area contributed by atoms with Gasteiger partial charge in [0.05, 0.1) is 12.1 Å². The molecule has 0 aliphatic carbocycles. The Bertz CT molecular complexity index is 344. The highest BCUT2D eigenvalue weighted by atomic mass is 32.1. The predicted molar refractivity (Wildman–Crippen MR) is 62.4 cm³/mol. The summed E-state index contributed by atoms with van der Waals surface area (Å²) in [4.78, 5) is 3.74. The SMILES string of the molecule is c1ccc2c(c1)CCCO2.c1cscn1. The molecule has 2 nitrogen and oxygen atoms in total. The van der Waals surface area contributed by atoms with Crippen molar-refractivity contribution in [1.29, 1.82) is 0 Å². The molecule has 0 bridgehead atoms. The van der Waals surface area contributed by atoms with Crippen LogP contribution in [0.3, 0.4) is 0 Å². The van der Waals surface area contributed by atoms with E-state index in [1.165, 1.54) is 12.0 Å². The first-order chi connectivity index (χ1) is 7.47. The Morgan fingerprint density at radius 1 is 1.27 bits per heavy atom. The second-order valence-corrected chi connectivity index (χ2v) is 3.99. The van der Waals surface area contributed by atoms with Crippen LogP contribution in [0.2, 0.25) is 0 Å². The molecule has 0 unspecified atom stereocenters. The average Bonchev–Trinajstić information content (AvgIpc) is 2.88. The van der Waals surface area contributed by atoms with Crippen molar-refractivity contribution in [3.63, 3.8) is 0 Å². The molecule has 2 aromatic rings. The molecule has 1 aliphatic rings. The van der Waals surface area contributed by atoms with Crippen LogP contribution in [-0.4, -0.2) is 11.6 Å². The van der Waals surface area contributed by atoms with Crippen LogP contribution >= 0.6 is 11.3 Å². The van der Waals surface area contributed by atoms with Gasteiger partial charge in [-0.2, -0.15) is 0 Å². The topological polar surface area (TPSA) is 22.1 Å². The summed E-state index contributed by atoms with van der Waals surface area (Å²) in [5.41, 5.74) is 3.15. The fraction of sp³-hybridized carbons (Fsp3) is 0.250. The maximum Gasteiger partial charge on any atom is 0.122 e. The standard InChI is InChI=1S/C9H10O.C3H3NS/c1-2-6-9-8(4-1)5-3-7-10-9;1-2-5-3-4-1/h1-2,4,6H,3,5,7H2;1-3H. The first-order valence-electron chi connectivity index (χ1n) is 4.99. The lowest BCUT2D eigenvalue weighted by molar-refractivity contribution is 0.288. The van der Waals surface area contributed by atoms with Crippen LogP contribution in [0.25, 0.3) is 0 Å². The molecule has 0 atom stereocenters. The second-order valence-electron chi connectivity index (χ2n) is 3.24. The first-order valence-corrected chi connectivity index (χ1v) is 5.94. The largest absolute Gasteiger partial charge is 0.493 e. The van der Waals surface area contributed by atoms with E-state index in [1.54, 1.807) is 23.0 Å². The number of hydrogen-bond donors (Lipinski definition) is 0. The van der Waals surface area contributed by atoms with E-state index in [4.69, 9.17) is 4.74 Å². The Balaban J connectivity index is 0.000000144. The van der Waals surface area contributed by atoms with Crippen molar-refractivity contribution in [3.05, 3.63) is 46.9 Å². The smallest absolute Gasteiger partial charge is 0.122 e. The van der Waals surface area contributed by atoms with Gasteiger partial charge in [-0.1, -0.05) is 18.2 Å². The van der Waals surface area contributed by atoms with Crippen molar-refractivity contribution in [2.24, 2.45) is 0 Å². The maximum atomic E-state index is 5.42. The van der Waals surface area contributed by atoms with Gasteiger partial charge in [-0.15, -0.1) is 11.3 Å². The molecular formula is C12H13NOS. The van der Waals surface area contributed by atoms with Gasteiger partial charge in [-0.25, -0.2) is 0 Å². The van der Waals surface area contributed by atoms with Crippen LogP contribution in [0.5, 0.6) is 5.75 Å². The summed E-state index contributed by atoms with van der Waals surface area (Å²) in [7, 11) is 0. The van der Waals surface area contributed by atoms with E-state index in [-0.39, 0.29) is 0 Å². The molecule has 0 saturated heterocycles. The third kappa shape index (κ3) is 3.06. The molecule has 0 saturated carbocycles. The van der Waals surface area contributed by atoms with Gasteiger partial charge in [-0.05, 0) is 24.5 Å². The van der Waals surface area contributed by atoms with E-state index < -0.39 is 0 Å². The normalized spacial score (nSPS) is 13.1. The Labute approximate surface area is 93.6 Å². The fourth-order valence-electron chi connectivity index (χ4n) is 1.47. The zero-order valence-corrected chi connectivity index (χ0v) is 9.24.